The molecule has 0 unspecified atom stereocenters. The fourth-order valence-electron chi connectivity index (χ4n) is 1.68. The molecule has 0 fully saturated rings. The Kier molecular flexibility index (Phi) is 4.56. The molecule has 8 heteroatoms. The average molecular weight is 315 g/mol. The maximum Gasteiger partial charge on any atom is 0.417 e. The molecule has 2 aromatic rings. The van der Waals surface area contributed by atoms with Gasteiger partial charge < -0.3 is 5.32 Å². The number of carbonyl (C=O) groups excluding carboxylic acids is 1. The highest BCUT2D eigenvalue weighted by Crippen LogP contribution is 2.31. The molecule has 0 atom stereocenters. The number of alkyl halides is 3. The van der Waals surface area contributed by atoms with Gasteiger partial charge in [0.1, 0.15) is 10.0 Å². The van der Waals surface area contributed by atoms with Crippen molar-refractivity contribution in [2.24, 2.45) is 0 Å². The molecule has 0 bridgehead atoms. The molecule has 0 spiro atoms. The van der Waals surface area contributed by atoms with E-state index in [-0.39, 0.29) is 6.54 Å². The topological polar surface area (TPSA) is 54.9 Å². The van der Waals surface area contributed by atoms with Crippen LogP contribution in [0.5, 0.6) is 0 Å². The Morgan fingerprint density at radius 2 is 1.90 bits per heavy atom. The van der Waals surface area contributed by atoms with Gasteiger partial charge in [-0.15, -0.1) is 10.2 Å². The van der Waals surface area contributed by atoms with Gasteiger partial charge in [-0.05, 0) is 18.6 Å². The lowest BCUT2D eigenvalue weighted by atomic mass is 10.1. The van der Waals surface area contributed by atoms with Crippen molar-refractivity contribution >= 4 is 17.2 Å². The van der Waals surface area contributed by atoms with Crippen molar-refractivity contribution < 1.29 is 18.0 Å². The summed E-state index contributed by atoms with van der Waals surface area (Å²) in [5, 5.41) is 11.5. The smallest absolute Gasteiger partial charge is 0.345 e. The molecule has 0 aliphatic heterocycles. The van der Waals surface area contributed by atoms with Crippen molar-refractivity contribution in [1.29, 1.82) is 0 Å². The van der Waals surface area contributed by atoms with E-state index in [1.807, 2.05) is 6.92 Å². The van der Waals surface area contributed by atoms with Gasteiger partial charge in [-0.3, -0.25) is 4.79 Å². The number of hydrogen-bond acceptors (Lipinski definition) is 4. The summed E-state index contributed by atoms with van der Waals surface area (Å²) in [5.74, 6) is -0.781. The molecule has 0 saturated heterocycles. The standard InChI is InChI=1S/C13H12F3N3OS/c1-2-10-18-19-11(21-10)7-17-12(20)8-5-3-4-6-9(8)13(14,15)16/h3-6H,2,7H2,1H3,(H,17,20). The average Bonchev–Trinajstić information content (AvgIpc) is 2.92. The van der Waals surface area contributed by atoms with E-state index in [9.17, 15) is 18.0 Å². The number of benzene rings is 1. The molecule has 1 aromatic carbocycles. The number of halogens is 3. The van der Waals surface area contributed by atoms with Gasteiger partial charge in [-0.1, -0.05) is 30.4 Å². The van der Waals surface area contributed by atoms with E-state index in [0.29, 0.717) is 5.01 Å². The lowest BCUT2D eigenvalue weighted by molar-refractivity contribution is -0.137. The van der Waals surface area contributed by atoms with E-state index in [0.717, 1.165) is 23.6 Å². The summed E-state index contributed by atoms with van der Waals surface area (Å²) in [6.45, 7) is 1.98. The van der Waals surface area contributed by atoms with Gasteiger partial charge >= 0.3 is 6.18 Å². The van der Waals surface area contributed by atoms with E-state index in [1.54, 1.807) is 0 Å². The lowest BCUT2D eigenvalue weighted by Gasteiger charge is -2.11. The summed E-state index contributed by atoms with van der Waals surface area (Å²) in [5.41, 5.74) is -1.35. The highest BCUT2D eigenvalue weighted by atomic mass is 32.1. The zero-order chi connectivity index (χ0) is 15.5. The van der Waals surface area contributed by atoms with Gasteiger partial charge in [0, 0.05) is 0 Å². The molecule has 1 aromatic heterocycles. The first-order valence-electron chi connectivity index (χ1n) is 6.17. The number of nitrogens with one attached hydrogen (secondary N) is 1. The van der Waals surface area contributed by atoms with Crippen molar-refractivity contribution in [3.05, 3.63) is 45.4 Å². The molecule has 1 N–H and O–H groups in total. The van der Waals surface area contributed by atoms with E-state index in [2.05, 4.69) is 15.5 Å². The van der Waals surface area contributed by atoms with Crippen molar-refractivity contribution in [1.82, 2.24) is 15.5 Å². The van der Waals surface area contributed by atoms with Gasteiger partial charge in [0.15, 0.2) is 0 Å². The predicted octanol–water partition coefficient (Wildman–Crippen LogP) is 3.05. The number of aromatic nitrogens is 2. The van der Waals surface area contributed by atoms with Crippen LogP contribution in [0.3, 0.4) is 0 Å². The van der Waals surface area contributed by atoms with Crippen LogP contribution in [-0.2, 0) is 19.1 Å². The van der Waals surface area contributed by atoms with Crippen LogP contribution in [-0.4, -0.2) is 16.1 Å². The molecule has 0 radical (unpaired) electrons. The second-order valence-electron chi connectivity index (χ2n) is 4.17. The van der Waals surface area contributed by atoms with Crippen LogP contribution < -0.4 is 5.32 Å². The van der Waals surface area contributed by atoms with E-state index in [1.165, 1.54) is 23.5 Å². The molecule has 0 aliphatic carbocycles. The molecule has 1 amide bonds. The van der Waals surface area contributed by atoms with Crippen LogP contribution in [0.1, 0.15) is 32.9 Å². The predicted molar refractivity (Wildman–Crippen MR) is 71.9 cm³/mol. The largest absolute Gasteiger partial charge is 0.417 e. The molecular weight excluding hydrogens is 303 g/mol. The zero-order valence-corrected chi connectivity index (χ0v) is 11.9. The number of nitrogens with zero attached hydrogens (tertiary/aromatic N) is 2. The Labute approximate surface area is 123 Å². The fraction of sp³-hybridized carbons (Fsp3) is 0.308. The highest BCUT2D eigenvalue weighted by molar-refractivity contribution is 7.11. The Balaban J connectivity index is 2.10. The molecule has 0 aliphatic rings. The molecule has 4 nitrogen and oxygen atoms in total. The second kappa shape index (κ2) is 6.21. The van der Waals surface area contributed by atoms with Crippen molar-refractivity contribution in [3.8, 4) is 0 Å². The number of hydrogen-bond donors (Lipinski definition) is 1. The third-order valence-electron chi connectivity index (χ3n) is 2.69. The zero-order valence-electron chi connectivity index (χ0n) is 11.1. The SMILES string of the molecule is CCc1nnc(CNC(=O)c2ccccc2C(F)(F)F)s1. The maximum atomic E-state index is 12.8. The minimum atomic E-state index is -4.56. The maximum absolute atomic E-state index is 12.8. The first kappa shape index (κ1) is 15.4. The minimum absolute atomic E-state index is 0.0582. The van der Waals surface area contributed by atoms with Crippen LogP contribution in [0.15, 0.2) is 24.3 Å². The van der Waals surface area contributed by atoms with E-state index >= 15 is 0 Å². The first-order chi connectivity index (χ1) is 9.91. The van der Waals surface area contributed by atoms with Gasteiger partial charge in [0.25, 0.3) is 5.91 Å². The molecule has 2 rings (SSSR count). The van der Waals surface area contributed by atoms with Crippen LogP contribution >= 0.6 is 11.3 Å². The van der Waals surface area contributed by atoms with E-state index < -0.39 is 23.2 Å². The van der Waals surface area contributed by atoms with Gasteiger partial charge in [0.2, 0.25) is 0 Å². The molecule has 1 heterocycles. The number of amides is 1. The van der Waals surface area contributed by atoms with Crippen molar-refractivity contribution in [3.63, 3.8) is 0 Å². The molecule has 112 valence electrons. The number of rotatable bonds is 4. The lowest BCUT2D eigenvalue weighted by Crippen LogP contribution is -2.25. The summed E-state index contributed by atoms with van der Waals surface area (Å²) >= 11 is 1.32. The summed E-state index contributed by atoms with van der Waals surface area (Å²) in [4.78, 5) is 11.9. The summed E-state index contributed by atoms with van der Waals surface area (Å²) < 4.78 is 38.5. The molecular formula is C13H12F3N3OS. The monoisotopic (exact) mass is 315 g/mol. The third-order valence-corrected chi connectivity index (χ3v) is 3.76. The molecule has 0 saturated carbocycles. The van der Waals surface area contributed by atoms with E-state index in [4.69, 9.17) is 0 Å². The number of carbonyl (C=O) groups is 1. The van der Waals surface area contributed by atoms with Crippen molar-refractivity contribution in [2.75, 3.05) is 0 Å². The number of aryl methyl sites for hydroxylation is 1. The first-order valence-corrected chi connectivity index (χ1v) is 6.99. The van der Waals surface area contributed by atoms with Gasteiger partial charge in [-0.25, -0.2) is 0 Å². The Hall–Kier alpha value is -1.96. The Morgan fingerprint density at radius 3 is 2.52 bits per heavy atom. The van der Waals surface area contributed by atoms with Crippen LogP contribution in [0.2, 0.25) is 0 Å². The van der Waals surface area contributed by atoms with Crippen LogP contribution in [0, 0.1) is 0 Å². The van der Waals surface area contributed by atoms with Crippen molar-refractivity contribution in [2.45, 2.75) is 26.1 Å². The third kappa shape index (κ3) is 3.78. The van der Waals surface area contributed by atoms with Gasteiger partial charge in [0.05, 0.1) is 17.7 Å². The Bertz CT molecular complexity index is 640. The quantitative estimate of drug-likeness (QED) is 0.943. The Morgan fingerprint density at radius 1 is 1.24 bits per heavy atom. The normalized spacial score (nSPS) is 11.4. The molecule has 21 heavy (non-hydrogen) atoms. The fourth-order valence-corrected chi connectivity index (χ4v) is 2.41. The van der Waals surface area contributed by atoms with Crippen LogP contribution in [0.25, 0.3) is 0 Å². The summed E-state index contributed by atoms with van der Waals surface area (Å²) in [6, 6.07) is 4.67. The highest BCUT2D eigenvalue weighted by Gasteiger charge is 2.34. The summed E-state index contributed by atoms with van der Waals surface area (Å²) in [6.07, 6.45) is -3.84. The minimum Gasteiger partial charge on any atom is -0.345 e. The second-order valence-corrected chi connectivity index (χ2v) is 5.32. The van der Waals surface area contributed by atoms with Crippen LogP contribution in [0.4, 0.5) is 13.2 Å². The van der Waals surface area contributed by atoms with Gasteiger partial charge in [-0.2, -0.15) is 13.2 Å². The summed E-state index contributed by atoms with van der Waals surface area (Å²) in [7, 11) is 0.